The minimum absolute atomic E-state index is 0.0996. The predicted molar refractivity (Wildman–Crippen MR) is 102 cm³/mol. The number of nitrogens with zero attached hydrogens (tertiary/aromatic N) is 4. The van der Waals surface area contributed by atoms with Crippen LogP contribution in [-0.4, -0.2) is 33.1 Å². The minimum Gasteiger partial charge on any atom is -0.340 e. The number of nitriles is 1. The SMILES string of the molecule is Cc1nc(C2CC2)nc(S[C@@H](C)C(=O)N(C)Cc2cccc(F)c2)c1C#N. The van der Waals surface area contributed by atoms with E-state index in [4.69, 9.17) is 0 Å². The standard InChI is InChI=1S/C20H21FN4OS/c1-12-17(10-22)19(24-18(23-12)15-7-8-15)27-13(2)20(26)25(3)11-14-5-4-6-16(21)9-14/h4-6,9,13,15H,7-8,11H2,1-3H3/t13-/m0/s1. The minimum atomic E-state index is -0.419. The smallest absolute Gasteiger partial charge is 0.235 e. The highest BCUT2D eigenvalue weighted by Gasteiger charge is 2.29. The maximum absolute atomic E-state index is 13.3. The van der Waals surface area contributed by atoms with Gasteiger partial charge >= 0.3 is 0 Å². The average Bonchev–Trinajstić information content (AvgIpc) is 3.46. The molecule has 3 rings (SSSR count). The third-order valence-corrected chi connectivity index (χ3v) is 5.52. The van der Waals surface area contributed by atoms with E-state index in [1.807, 2.05) is 0 Å². The number of carbonyl (C=O) groups excluding carboxylic acids is 1. The molecule has 1 amide bonds. The maximum Gasteiger partial charge on any atom is 0.235 e. The van der Waals surface area contributed by atoms with Gasteiger partial charge in [0.1, 0.15) is 28.3 Å². The van der Waals surface area contributed by atoms with Crippen LogP contribution in [0.5, 0.6) is 0 Å². The average molecular weight is 384 g/mol. The molecule has 0 unspecified atom stereocenters. The van der Waals surface area contributed by atoms with Crippen molar-refractivity contribution >= 4 is 17.7 Å². The first-order valence-corrected chi connectivity index (χ1v) is 9.71. The van der Waals surface area contributed by atoms with Gasteiger partial charge in [0, 0.05) is 19.5 Å². The first kappa shape index (κ1) is 19.3. The van der Waals surface area contributed by atoms with E-state index in [0.717, 1.165) is 24.2 Å². The van der Waals surface area contributed by atoms with Gasteiger partial charge in [-0.1, -0.05) is 23.9 Å². The number of hydrogen-bond donors (Lipinski definition) is 0. The molecule has 0 bridgehead atoms. The van der Waals surface area contributed by atoms with Gasteiger partial charge in [0.15, 0.2) is 0 Å². The largest absolute Gasteiger partial charge is 0.340 e. The Morgan fingerprint density at radius 1 is 1.44 bits per heavy atom. The number of thioether (sulfide) groups is 1. The van der Waals surface area contributed by atoms with Crippen molar-refractivity contribution in [3.63, 3.8) is 0 Å². The van der Waals surface area contributed by atoms with Crippen molar-refractivity contribution in [2.45, 2.75) is 49.4 Å². The van der Waals surface area contributed by atoms with Crippen LogP contribution in [0.4, 0.5) is 4.39 Å². The van der Waals surface area contributed by atoms with Crippen LogP contribution in [0.25, 0.3) is 0 Å². The zero-order valence-electron chi connectivity index (χ0n) is 15.6. The highest BCUT2D eigenvalue weighted by molar-refractivity contribution is 8.00. The molecule has 27 heavy (non-hydrogen) atoms. The second-order valence-corrected chi connectivity index (χ2v) is 8.15. The van der Waals surface area contributed by atoms with Crippen LogP contribution in [0.15, 0.2) is 29.3 Å². The lowest BCUT2D eigenvalue weighted by molar-refractivity contribution is -0.129. The fourth-order valence-corrected chi connectivity index (χ4v) is 3.89. The van der Waals surface area contributed by atoms with Gasteiger partial charge in [-0.15, -0.1) is 0 Å². The molecule has 1 aliphatic rings. The fourth-order valence-electron chi connectivity index (χ4n) is 2.82. The van der Waals surface area contributed by atoms with Gasteiger partial charge in [0.2, 0.25) is 5.91 Å². The zero-order valence-corrected chi connectivity index (χ0v) is 16.4. The molecule has 0 aliphatic heterocycles. The number of hydrogen-bond acceptors (Lipinski definition) is 5. The third kappa shape index (κ3) is 4.64. The Morgan fingerprint density at radius 2 is 2.19 bits per heavy atom. The normalized spacial score (nSPS) is 14.5. The Balaban J connectivity index is 1.73. The van der Waals surface area contributed by atoms with Crippen molar-refractivity contribution in [3.05, 3.63) is 52.7 Å². The van der Waals surface area contributed by atoms with Gasteiger partial charge < -0.3 is 4.90 Å². The molecule has 1 aliphatic carbocycles. The van der Waals surface area contributed by atoms with E-state index >= 15 is 0 Å². The molecule has 1 heterocycles. The van der Waals surface area contributed by atoms with Gasteiger partial charge in [-0.2, -0.15) is 5.26 Å². The van der Waals surface area contributed by atoms with Gasteiger partial charge in [0.05, 0.1) is 10.9 Å². The second-order valence-electron chi connectivity index (χ2n) is 6.82. The Labute approximate surface area is 162 Å². The highest BCUT2D eigenvalue weighted by Crippen LogP contribution is 2.39. The maximum atomic E-state index is 13.3. The summed E-state index contributed by atoms with van der Waals surface area (Å²) in [4.78, 5) is 23.3. The van der Waals surface area contributed by atoms with Gasteiger partial charge in [-0.25, -0.2) is 14.4 Å². The van der Waals surface area contributed by atoms with E-state index in [1.165, 1.54) is 23.9 Å². The van der Waals surface area contributed by atoms with E-state index in [9.17, 15) is 14.4 Å². The summed E-state index contributed by atoms with van der Waals surface area (Å²) in [7, 11) is 1.69. The van der Waals surface area contributed by atoms with Crippen molar-refractivity contribution in [2.24, 2.45) is 0 Å². The van der Waals surface area contributed by atoms with Crippen LogP contribution in [0.3, 0.4) is 0 Å². The monoisotopic (exact) mass is 384 g/mol. The molecule has 5 nitrogen and oxygen atoms in total. The fraction of sp³-hybridized carbons (Fsp3) is 0.400. The van der Waals surface area contributed by atoms with Crippen molar-refractivity contribution < 1.29 is 9.18 Å². The molecule has 0 saturated heterocycles. The number of aromatic nitrogens is 2. The molecular formula is C20H21FN4OS. The molecule has 0 N–H and O–H groups in total. The molecule has 1 saturated carbocycles. The number of rotatable bonds is 6. The summed E-state index contributed by atoms with van der Waals surface area (Å²) in [5.41, 5.74) is 1.82. The Hall–Kier alpha value is -2.46. The van der Waals surface area contributed by atoms with E-state index in [2.05, 4.69) is 16.0 Å². The van der Waals surface area contributed by atoms with Crippen LogP contribution in [0.1, 0.15) is 48.3 Å². The summed E-state index contributed by atoms with van der Waals surface area (Å²) in [5, 5.41) is 9.59. The second kappa shape index (κ2) is 8.05. The summed E-state index contributed by atoms with van der Waals surface area (Å²) in [6.45, 7) is 3.92. The van der Waals surface area contributed by atoms with E-state index in [0.29, 0.717) is 28.7 Å². The number of carbonyl (C=O) groups is 1. The Morgan fingerprint density at radius 3 is 2.81 bits per heavy atom. The molecule has 0 radical (unpaired) electrons. The van der Waals surface area contributed by atoms with Crippen molar-refractivity contribution in [2.75, 3.05) is 7.05 Å². The summed E-state index contributed by atoms with van der Waals surface area (Å²) < 4.78 is 13.3. The summed E-state index contributed by atoms with van der Waals surface area (Å²) in [5.74, 6) is 0.718. The Kier molecular flexibility index (Phi) is 5.76. The van der Waals surface area contributed by atoms with E-state index < -0.39 is 5.25 Å². The van der Waals surface area contributed by atoms with Crippen LogP contribution in [0, 0.1) is 24.1 Å². The summed E-state index contributed by atoms with van der Waals surface area (Å²) in [6.07, 6.45) is 2.14. The first-order valence-electron chi connectivity index (χ1n) is 8.83. The van der Waals surface area contributed by atoms with Crippen molar-refractivity contribution in [1.82, 2.24) is 14.9 Å². The molecule has 2 aromatic rings. The van der Waals surface area contributed by atoms with Crippen LogP contribution >= 0.6 is 11.8 Å². The number of halogens is 1. The lowest BCUT2D eigenvalue weighted by Gasteiger charge is -2.21. The molecule has 1 aromatic carbocycles. The lowest BCUT2D eigenvalue weighted by Crippen LogP contribution is -2.33. The predicted octanol–water partition coefficient (Wildman–Crippen LogP) is 3.81. The van der Waals surface area contributed by atoms with Gasteiger partial charge in [-0.3, -0.25) is 4.79 Å². The van der Waals surface area contributed by atoms with Crippen LogP contribution in [-0.2, 0) is 11.3 Å². The quantitative estimate of drug-likeness (QED) is 0.559. The first-order chi connectivity index (χ1) is 12.9. The Bertz CT molecular complexity index is 907. The lowest BCUT2D eigenvalue weighted by atomic mass is 10.2. The molecule has 1 aromatic heterocycles. The highest BCUT2D eigenvalue weighted by atomic mass is 32.2. The number of benzene rings is 1. The molecule has 140 valence electrons. The van der Waals surface area contributed by atoms with Crippen LogP contribution in [0.2, 0.25) is 0 Å². The van der Waals surface area contributed by atoms with Crippen LogP contribution < -0.4 is 0 Å². The molecular weight excluding hydrogens is 363 g/mol. The van der Waals surface area contributed by atoms with Gasteiger partial charge in [-0.05, 0) is 44.4 Å². The van der Waals surface area contributed by atoms with Gasteiger partial charge in [0.25, 0.3) is 0 Å². The molecule has 1 atom stereocenters. The number of aryl methyl sites for hydroxylation is 1. The van der Waals surface area contributed by atoms with Crippen molar-refractivity contribution in [1.29, 1.82) is 5.26 Å². The molecule has 7 heteroatoms. The van der Waals surface area contributed by atoms with Crippen molar-refractivity contribution in [3.8, 4) is 6.07 Å². The summed E-state index contributed by atoms with van der Waals surface area (Å²) in [6, 6.07) is 8.37. The van der Waals surface area contributed by atoms with E-state index in [-0.39, 0.29) is 11.7 Å². The summed E-state index contributed by atoms with van der Waals surface area (Å²) >= 11 is 1.28. The third-order valence-electron chi connectivity index (χ3n) is 4.45. The molecule has 1 fully saturated rings. The topological polar surface area (TPSA) is 69.9 Å². The molecule has 0 spiro atoms. The zero-order chi connectivity index (χ0) is 19.6. The number of amides is 1. The van der Waals surface area contributed by atoms with E-state index in [1.54, 1.807) is 37.9 Å².